The minimum atomic E-state index is -0.172. The van der Waals surface area contributed by atoms with Crippen LogP contribution in [0.25, 0.3) is 0 Å². The summed E-state index contributed by atoms with van der Waals surface area (Å²) in [7, 11) is 0. The largest absolute Gasteiger partial charge is 0.409 e. The van der Waals surface area contributed by atoms with E-state index in [9.17, 15) is 4.79 Å². The Labute approximate surface area is 111 Å². The number of oxime groups is 1. The summed E-state index contributed by atoms with van der Waals surface area (Å²) >= 11 is 0. The number of hydrogen-bond donors (Lipinski definition) is 3. The number of rotatable bonds is 3. The van der Waals surface area contributed by atoms with E-state index in [1.54, 1.807) is 24.3 Å². The highest BCUT2D eigenvalue weighted by Crippen LogP contribution is 2.08. The van der Waals surface area contributed by atoms with Gasteiger partial charge in [0.05, 0.1) is 0 Å². The molecule has 1 amide bonds. The van der Waals surface area contributed by atoms with Crippen molar-refractivity contribution < 1.29 is 10.0 Å². The molecule has 1 fully saturated rings. The Morgan fingerprint density at radius 3 is 2.63 bits per heavy atom. The summed E-state index contributed by atoms with van der Waals surface area (Å²) in [5, 5.41) is 13.5. The lowest BCUT2D eigenvalue weighted by Gasteiger charge is -2.26. The average molecular weight is 262 g/mol. The number of amidine groups is 1. The lowest BCUT2D eigenvalue weighted by molar-refractivity contribution is 0.0750. The van der Waals surface area contributed by atoms with Crippen LogP contribution in [0.5, 0.6) is 0 Å². The number of nitrogens with zero attached hydrogens (tertiary/aromatic N) is 2. The topological polar surface area (TPSA) is 91.0 Å². The second kappa shape index (κ2) is 6.19. The number of nitrogens with two attached hydrogens (primary N) is 1. The summed E-state index contributed by atoms with van der Waals surface area (Å²) in [6.07, 6.45) is 3.42. The van der Waals surface area contributed by atoms with E-state index < -0.39 is 0 Å². The van der Waals surface area contributed by atoms with E-state index in [1.807, 2.05) is 5.01 Å². The maximum Gasteiger partial charge on any atom is 0.265 e. The number of carbonyl (C=O) groups is 1. The summed E-state index contributed by atoms with van der Waals surface area (Å²) < 4.78 is 0. The van der Waals surface area contributed by atoms with Crippen LogP contribution in [-0.4, -0.2) is 35.0 Å². The molecule has 4 N–H and O–H groups in total. The van der Waals surface area contributed by atoms with E-state index in [0.29, 0.717) is 11.1 Å². The van der Waals surface area contributed by atoms with Crippen molar-refractivity contribution >= 4 is 11.7 Å². The molecule has 19 heavy (non-hydrogen) atoms. The van der Waals surface area contributed by atoms with E-state index in [2.05, 4.69) is 10.6 Å². The summed E-state index contributed by atoms with van der Waals surface area (Å²) in [4.78, 5) is 12.1. The lowest BCUT2D eigenvalue weighted by atomic mass is 10.1. The molecule has 0 spiro atoms. The van der Waals surface area contributed by atoms with Gasteiger partial charge in [0.1, 0.15) is 0 Å². The van der Waals surface area contributed by atoms with Gasteiger partial charge >= 0.3 is 0 Å². The third-order valence-electron chi connectivity index (χ3n) is 3.14. The minimum absolute atomic E-state index is 0.00683. The van der Waals surface area contributed by atoms with Gasteiger partial charge in [-0.05, 0) is 25.0 Å². The molecular weight excluding hydrogens is 244 g/mol. The van der Waals surface area contributed by atoms with Gasteiger partial charge in [-0.25, -0.2) is 5.01 Å². The first-order valence-corrected chi connectivity index (χ1v) is 6.34. The fraction of sp³-hybridized carbons (Fsp3) is 0.385. The first-order valence-electron chi connectivity index (χ1n) is 6.34. The molecule has 0 unspecified atom stereocenters. The van der Waals surface area contributed by atoms with Gasteiger partial charge in [0.2, 0.25) is 0 Å². The van der Waals surface area contributed by atoms with Crippen LogP contribution in [0.4, 0.5) is 0 Å². The summed E-state index contributed by atoms with van der Waals surface area (Å²) in [6, 6.07) is 6.70. The zero-order chi connectivity index (χ0) is 13.7. The Bertz CT molecular complexity index is 481. The van der Waals surface area contributed by atoms with Crippen LogP contribution in [0.2, 0.25) is 0 Å². The monoisotopic (exact) mass is 262 g/mol. The molecule has 6 nitrogen and oxygen atoms in total. The molecule has 1 aromatic carbocycles. The van der Waals surface area contributed by atoms with Gasteiger partial charge in [-0.2, -0.15) is 0 Å². The zero-order valence-electron chi connectivity index (χ0n) is 10.7. The van der Waals surface area contributed by atoms with Crippen LogP contribution in [0, 0.1) is 0 Å². The van der Waals surface area contributed by atoms with Gasteiger partial charge in [-0.1, -0.05) is 23.7 Å². The predicted molar refractivity (Wildman–Crippen MR) is 71.8 cm³/mol. The minimum Gasteiger partial charge on any atom is -0.409 e. The zero-order valence-corrected chi connectivity index (χ0v) is 10.7. The number of piperidine rings is 1. The summed E-state index contributed by atoms with van der Waals surface area (Å²) in [6.45, 7) is 1.76. The standard InChI is InChI=1S/C13H18N4O2/c14-12(16-19)10-5-4-6-11(9-10)13(18)15-17-7-2-1-3-8-17/h4-6,9,19H,1-3,7-8H2,(H2,14,16)(H,15,18). The molecule has 1 saturated heterocycles. The van der Waals surface area contributed by atoms with Crippen LogP contribution in [0.1, 0.15) is 35.2 Å². The quantitative estimate of drug-likeness (QED) is 0.327. The van der Waals surface area contributed by atoms with Crippen molar-refractivity contribution in [2.75, 3.05) is 13.1 Å². The Balaban J connectivity index is 2.06. The van der Waals surface area contributed by atoms with Crippen molar-refractivity contribution in [3.05, 3.63) is 35.4 Å². The number of hydrogen-bond acceptors (Lipinski definition) is 4. The van der Waals surface area contributed by atoms with Crippen molar-refractivity contribution in [2.45, 2.75) is 19.3 Å². The van der Waals surface area contributed by atoms with Crippen LogP contribution in [0.15, 0.2) is 29.4 Å². The molecule has 102 valence electrons. The Morgan fingerprint density at radius 2 is 1.95 bits per heavy atom. The van der Waals surface area contributed by atoms with Crippen molar-refractivity contribution in [1.29, 1.82) is 0 Å². The van der Waals surface area contributed by atoms with E-state index in [1.165, 1.54) is 6.42 Å². The van der Waals surface area contributed by atoms with Gasteiger partial charge in [0.25, 0.3) is 5.91 Å². The third kappa shape index (κ3) is 3.45. The van der Waals surface area contributed by atoms with Crippen molar-refractivity contribution in [3.63, 3.8) is 0 Å². The van der Waals surface area contributed by atoms with E-state index in [4.69, 9.17) is 10.9 Å². The maximum absolute atomic E-state index is 12.1. The number of carbonyl (C=O) groups excluding carboxylic acids is 1. The molecule has 1 aliphatic heterocycles. The van der Waals surface area contributed by atoms with Crippen molar-refractivity contribution in [2.24, 2.45) is 10.9 Å². The van der Waals surface area contributed by atoms with Crippen LogP contribution in [-0.2, 0) is 0 Å². The SMILES string of the molecule is N/C(=N/O)c1cccc(C(=O)NN2CCCCC2)c1. The van der Waals surface area contributed by atoms with Crippen molar-refractivity contribution in [1.82, 2.24) is 10.4 Å². The van der Waals surface area contributed by atoms with Crippen LogP contribution >= 0.6 is 0 Å². The Hall–Kier alpha value is -2.08. The Kier molecular flexibility index (Phi) is 4.35. The molecule has 0 atom stereocenters. The molecule has 1 aliphatic rings. The fourth-order valence-corrected chi connectivity index (χ4v) is 2.09. The van der Waals surface area contributed by atoms with Crippen LogP contribution < -0.4 is 11.2 Å². The summed E-state index contributed by atoms with van der Waals surface area (Å²) in [5.74, 6) is -0.179. The molecule has 0 bridgehead atoms. The molecule has 0 aromatic heterocycles. The van der Waals surface area contributed by atoms with Gasteiger partial charge < -0.3 is 10.9 Å². The molecule has 1 heterocycles. The molecule has 0 radical (unpaired) electrons. The highest BCUT2D eigenvalue weighted by Gasteiger charge is 2.14. The number of nitrogens with one attached hydrogen (secondary N) is 1. The highest BCUT2D eigenvalue weighted by atomic mass is 16.4. The first kappa shape index (κ1) is 13.4. The second-order valence-electron chi connectivity index (χ2n) is 4.55. The number of benzene rings is 1. The third-order valence-corrected chi connectivity index (χ3v) is 3.14. The first-order chi connectivity index (χ1) is 9.20. The molecule has 1 aromatic rings. The lowest BCUT2D eigenvalue weighted by Crippen LogP contribution is -2.45. The molecule has 0 saturated carbocycles. The van der Waals surface area contributed by atoms with E-state index >= 15 is 0 Å². The highest BCUT2D eigenvalue weighted by molar-refractivity contribution is 6.01. The van der Waals surface area contributed by atoms with Gasteiger partial charge in [-0.3, -0.25) is 10.2 Å². The molecule has 6 heteroatoms. The van der Waals surface area contributed by atoms with E-state index in [0.717, 1.165) is 25.9 Å². The van der Waals surface area contributed by atoms with Crippen LogP contribution in [0.3, 0.4) is 0 Å². The van der Waals surface area contributed by atoms with Crippen molar-refractivity contribution in [3.8, 4) is 0 Å². The predicted octanol–water partition coefficient (Wildman–Crippen LogP) is 0.912. The van der Waals surface area contributed by atoms with Gasteiger partial charge in [0, 0.05) is 24.2 Å². The molecular formula is C13H18N4O2. The average Bonchev–Trinajstić information content (AvgIpc) is 2.47. The number of amides is 1. The van der Waals surface area contributed by atoms with E-state index in [-0.39, 0.29) is 11.7 Å². The second-order valence-corrected chi connectivity index (χ2v) is 4.55. The summed E-state index contributed by atoms with van der Waals surface area (Å²) in [5.41, 5.74) is 9.39. The normalized spacial score (nSPS) is 17.2. The number of hydrazine groups is 1. The molecule has 2 rings (SSSR count). The smallest absolute Gasteiger partial charge is 0.265 e. The molecule has 0 aliphatic carbocycles. The van der Waals surface area contributed by atoms with Gasteiger partial charge in [0.15, 0.2) is 5.84 Å². The van der Waals surface area contributed by atoms with Gasteiger partial charge in [-0.15, -0.1) is 0 Å². The fourth-order valence-electron chi connectivity index (χ4n) is 2.09. The Morgan fingerprint density at radius 1 is 1.26 bits per heavy atom. The maximum atomic E-state index is 12.1.